The molecule has 0 aliphatic rings. The predicted molar refractivity (Wildman–Crippen MR) is 113 cm³/mol. The minimum absolute atomic E-state index is 0.276. The van der Waals surface area contributed by atoms with Gasteiger partial charge in [-0.15, -0.1) is 0 Å². The van der Waals surface area contributed by atoms with E-state index in [2.05, 4.69) is 22.7 Å². The minimum Gasteiger partial charge on any atom is -0.384 e. The number of halogens is 1. The van der Waals surface area contributed by atoms with Gasteiger partial charge in [-0.25, -0.2) is 9.07 Å². The summed E-state index contributed by atoms with van der Waals surface area (Å²) >= 11 is 0. The van der Waals surface area contributed by atoms with Crippen molar-refractivity contribution in [3.05, 3.63) is 96.1 Å². The maximum Gasteiger partial charge on any atom is 0.123 e. The molecule has 1 N–H and O–H groups in total. The summed E-state index contributed by atoms with van der Waals surface area (Å²) in [6.45, 7) is 2.94. The quantitative estimate of drug-likeness (QED) is 0.461. The third kappa shape index (κ3) is 2.91. The van der Waals surface area contributed by atoms with Crippen molar-refractivity contribution >= 4 is 21.8 Å². The fourth-order valence-corrected chi connectivity index (χ4v) is 3.94. The number of aliphatic hydroxyl groups excluding tert-OH is 1. The van der Waals surface area contributed by atoms with Crippen molar-refractivity contribution in [3.8, 4) is 5.69 Å². The summed E-state index contributed by atoms with van der Waals surface area (Å²) in [5, 5.41) is 17.6. The van der Waals surface area contributed by atoms with Crippen LogP contribution in [0.15, 0.2) is 79.1 Å². The Hall–Kier alpha value is -3.44. The van der Waals surface area contributed by atoms with Crippen molar-refractivity contribution in [2.75, 3.05) is 0 Å². The first-order valence-electron chi connectivity index (χ1n) is 9.65. The van der Waals surface area contributed by atoms with Gasteiger partial charge in [-0.3, -0.25) is 0 Å². The molecular formula is C24H20FN3O. The molecule has 0 radical (unpaired) electrons. The van der Waals surface area contributed by atoms with Crippen molar-refractivity contribution < 1.29 is 9.50 Å². The second-order valence-electron chi connectivity index (χ2n) is 7.14. The number of aryl methyl sites for hydroxylation is 1. The molecule has 0 aliphatic carbocycles. The third-order valence-corrected chi connectivity index (χ3v) is 5.43. The molecule has 0 saturated carbocycles. The van der Waals surface area contributed by atoms with Crippen LogP contribution in [0.1, 0.15) is 24.2 Å². The highest BCUT2D eigenvalue weighted by Crippen LogP contribution is 2.32. The van der Waals surface area contributed by atoms with Crippen molar-refractivity contribution in [3.63, 3.8) is 0 Å². The number of fused-ring (bicyclic) bond motifs is 2. The number of benzene rings is 3. The summed E-state index contributed by atoms with van der Waals surface area (Å²) in [5.41, 5.74) is 4.53. The summed E-state index contributed by atoms with van der Waals surface area (Å²) in [4.78, 5) is 0. The van der Waals surface area contributed by atoms with Gasteiger partial charge in [0.05, 0.1) is 17.4 Å². The van der Waals surface area contributed by atoms with E-state index >= 15 is 0 Å². The molecule has 5 aromatic rings. The lowest BCUT2D eigenvalue weighted by molar-refractivity contribution is 0.222. The molecule has 144 valence electrons. The minimum atomic E-state index is -0.730. The van der Waals surface area contributed by atoms with Gasteiger partial charge in [0.25, 0.3) is 0 Å². The highest BCUT2D eigenvalue weighted by atomic mass is 19.1. The number of rotatable bonds is 4. The summed E-state index contributed by atoms with van der Waals surface area (Å²) in [7, 11) is 0. The zero-order valence-electron chi connectivity index (χ0n) is 16.0. The number of aromatic nitrogens is 3. The number of hydrogen-bond acceptors (Lipinski definition) is 2. The number of hydrogen-bond donors (Lipinski definition) is 1. The molecule has 0 spiro atoms. The van der Waals surface area contributed by atoms with E-state index in [9.17, 15) is 9.50 Å². The van der Waals surface area contributed by atoms with E-state index in [-0.39, 0.29) is 5.82 Å². The van der Waals surface area contributed by atoms with E-state index in [1.54, 1.807) is 23.0 Å². The second-order valence-corrected chi connectivity index (χ2v) is 7.14. The van der Waals surface area contributed by atoms with Crippen LogP contribution >= 0.6 is 0 Å². The molecule has 5 heteroatoms. The van der Waals surface area contributed by atoms with E-state index in [1.165, 1.54) is 12.1 Å². The number of nitrogens with zero attached hydrogens (tertiary/aromatic N) is 3. The molecule has 2 heterocycles. The van der Waals surface area contributed by atoms with Crippen LogP contribution in [0, 0.1) is 5.82 Å². The van der Waals surface area contributed by atoms with Gasteiger partial charge in [-0.2, -0.15) is 5.10 Å². The second kappa shape index (κ2) is 6.87. The Morgan fingerprint density at radius 1 is 1.00 bits per heavy atom. The Labute approximate surface area is 167 Å². The highest BCUT2D eigenvalue weighted by molar-refractivity contribution is 5.85. The van der Waals surface area contributed by atoms with Gasteiger partial charge in [0.2, 0.25) is 0 Å². The topological polar surface area (TPSA) is 43.0 Å². The van der Waals surface area contributed by atoms with E-state index in [0.717, 1.165) is 45.2 Å². The zero-order valence-corrected chi connectivity index (χ0v) is 16.0. The standard InChI is InChI=1S/C24H20FN3O/c1-2-27-15-21(20-5-3-4-6-23(20)27)24(29)16-7-12-22-17(13-16)14-26-28(22)19-10-8-18(25)9-11-19/h3-15,24,29H,2H2,1H3. The van der Waals surface area contributed by atoms with Crippen LogP contribution in [0.25, 0.3) is 27.5 Å². The fraction of sp³-hybridized carbons (Fsp3) is 0.125. The molecule has 0 fully saturated rings. The van der Waals surface area contributed by atoms with Crippen molar-refractivity contribution in [1.82, 2.24) is 14.3 Å². The fourth-order valence-electron chi connectivity index (χ4n) is 3.94. The Morgan fingerprint density at radius 2 is 1.79 bits per heavy atom. The lowest BCUT2D eigenvalue weighted by atomic mass is 10.00. The van der Waals surface area contributed by atoms with E-state index in [0.29, 0.717) is 0 Å². The first-order valence-corrected chi connectivity index (χ1v) is 9.65. The van der Waals surface area contributed by atoms with Gasteiger partial charge in [-0.1, -0.05) is 24.3 Å². The smallest absolute Gasteiger partial charge is 0.123 e. The molecule has 0 saturated heterocycles. The van der Waals surface area contributed by atoms with Gasteiger partial charge >= 0.3 is 0 Å². The Bertz CT molecular complexity index is 1320. The lowest BCUT2D eigenvalue weighted by Crippen LogP contribution is -2.00. The van der Waals surface area contributed by atoms with Crippen LogP contribution in [0.2, 0.25) is 0 Å². The molecule has 0 amide bonds. The first-order chi connectivity index (χ1) is 14.2. The number of para-hydroxylation sites is 1. The molecular weight excluding hydrogens is 365 g/mol. The molecule has 0 bridgehead atoms. The zero-order chi connectivity index (χ0) is 20.0. The summed E-state index contributed by atoms with van der Waals surface area (Å²) < 4.78 is 17.1. The Kier molecular flexibility index (Phi) is 4.18. The Morgan fingerprint density at radius 3 is 2.59 bits per heavy atom. The van der Waals surface area contributed by atoms with Gasteiger partial charge in [0, 0.05) is 34.6 Å². The monoisotopic (exact) mass is 385 g/mol. The molecule has 0 aliphatic heterocycles. The molecule has 1 atom stereocenters. The maximum absolute atomic E-state index is 13.2. The molecule has 29 heavy (non-hydrogen) atoms. The molecule has 4 nitrogen and oxygen atoms in total. The molecule has 2 aromatic heterocycles. The van der Waals surface area contributed by atoms with Crippen LogP contribution in [0.5, 0.6) is 0 Å². The van der Waals surface area contributed by atoms with Crippen LogP contribution in [0.3, 0.4) is 0 Å². The van der Waals surface area contributed by atoms with E-state index in [1.807, 2.05) is 42.6 Å². The predicted octanol–water partition coefficient (Wildman–Crippen LogP) is 5.22. The molecule has 3 aromatic carbocycles. The van der Waals surface area contributed by atoms with Gasteiger partial charge in [0.15, 0.2) is 0 Å². The lowest BCUT2D eigenvalue weighted by Gasteiger charge is -2.11. The van der Waals surface area contributed by atoms with Crippen molar-refractivity contribution in [2.24, 2.45) is 0 Å². The average Bonchev–Trinajstić information content (AvgIpc) is 3.35. The molecule has 5 rings (SSSR count). The summed E-state index contributed by atoms with van der Waals surface area (Å²) in [6, 6.07) is 20.2. The maximum atomic E-state index is 13.2. The Balaban J connectivity index is 1.57. The van der Waals surface area contributed by atoms with Gasteiger partial charge in [0.1, 0.15) is 11.9 Å². The average molecular weight is 385 g/mol. The van der Waals surface area contributed by atoms with Crippen molar-refractivity contribution in [1.29, 1.82) is 0 Å². The summed E-state index contributed by atoms with van der Waals surface area (Å²) in [5.74, 6) is -0.276. The first kappa shape index (κ1) is 17.6. The van der Waals surface area contributed by atoms with Gasteiger partial charge < -0.3 is 9.67 Å². The van der Waals surface area contributed by atoms with E-state index in [4.69, 9.17) is 0 Å². The van der Waals surface area contributed by atoms with Crippen molar-refractivity contribution in [2.45, 2.75) is 19.6 Å². The van der Waals surface area contributed by atoms with E-state index < -0.39 is 6.10 Å². The van der Waals surface area contributed by atoms with Gasteiger partial charge in [-0.05, 0) is 55.0 Å². The SMILES string of the molecule is CCn1cc(C(O)c2ccc3c(cnn3-c3ccc(F)cc3)c2)c2ccccc21. The normalized spacial score (nSPS) is 12.7. The van der Waals surface area contributed by atoms with Crippen LogP contribution in [0.4, 0.5) is 4.39 Å². The third-order valence-electron chi connectivity index (χ3n) is 5.43. The van der Waals surface area contributed by atoms with Crippen LogP contribution in [-0.2, 0) is 6.54 Å². The van der Waals surface area contributed by atoms with Crippen LogP contribution in [-0.4, -0.2) is 19.5 Å². The largest absolute Gasteiger partial charge is 0.384 e. The molecule has 1 unspecified atom stereocenters. The number of aliphatic hydroxyl groups is 1. The van der Waals surface area contributed by atoms with Crippen LogP contribution < -0.4 is 0 Å². The summed E-state index contributed by atoms with van der Waals surface area (Å²) in [6.07, 6.45) is 3.07. The highest BCUT2D eigenvalue weighted by Gasteiger charge is 2.18.